The Morgan fingerprint density at radius 3 is 1.38 bits per heavy atom. The van der Waals surface area contributed by atoms with E-state index in [1.807, 2.05) is 48.5 Å². The Morgan fingerprint density at radius 1 is 0.703 bits per heavy atom. The van der Waals surface area contributed by atoms with Crippen LogP contribution in [-0.4, -0.2) is 68.9 Å². The maximum Gasteiger partial charge on any atom is 2.00 e. The van der Waals surface area contributed by atoms with Gasteiger partial charge in [-0.2, -0.15) is 0 Å². The maximum absolute atomic E-state index is 11.0. The summed E-state index contributed by atoms with van der Waals surface area (Å²) < 4.78 is 0. The largest absolute Gasteiger partial charge is 2.00 e. The van der Waals surface area contributed by atoms with E-state index in [2.05, 4.69) is 20.6 Å². The van der Waals surface area contributed by atoms with Gasteiger partial charge < -0.3 is 40.4 Å². The number of carboxylic acid groups (broad SMARTS) is 2. The molecule has 0 radical (unpaired) electrons. The van der Waals surface area contributed by atoms with Crippen LogP contribution in [0.5, 0.6) is 0 Å². The second-order valence-electron chi connectivity index (χ2n) is 8.27. The number of carboxylic acids is 2. The zero-order valence-electron chi connectivity index (χ0n) is 20.5. The average molecular weight is 515 g/mol. The van der Waals surface area contributed by atoms with Crippen molar-refractivity contribution in [3.8, 4) is 0 Å². The maximum atomic E-state index is 11.0. The third-order valence-corrected chi connectivity index (χ3v) is 5.52. The first kappa shape index (κ1) is 29.4. The van der Waals surface area contributed by atoms with E-state index >= 15 is 0 Å². The molecule has 188 valence electrons. The first-order chi connectivity index (χ1) is 17.2. The molecule has 11 heteroatoms. The van der Waals surface area contributed by atoms with Crippen molar-refractivity contribution in [3.63, 3.8) is 0 Å². The average Bonchev–Trinajstić information content (AvgIpc) is 3.42. The number of hydrogen-bond donors (Lipinski definition) is 4. The number of carbonyl (C=O) groups is 4. The Bertz CT molecular complexity index is 1290. The van der Waals surface area contributed by atoms with Crippen LogP contribution < -0.4 is 20.8 Å². The molecule has 2 amide bonds. The Balaban J connectivity index is 0.000000253. The summed E-state index contributed by atoms with van der Waals surface area (Å²) in [5.41, 5.74) is 3.56. The molecule has 2 atom stereocenters. The van der Waals surface area contributed by atoms with Gasteiger partial charge in [0.05, 0.1) is 24.0 Å². The first-order valence-corrected chi connectivity index (χ1v) is 11.2. The van der Waals surface area contributed by atoms with Gasteiger partial charge in [-0.05, 0) is 23.3 Å². The van der Waals surface area contributed by atoms with Crippen molar-refractivity contribution in [2.75, 3.05) is 0 Å². The number of aromatic nitrogens is 2. The van der Waals surface area contributed by atoms with Crippen LogP contribution in [0.4, 0.5) is 0 Å². The molecule has 0 saturated heterocycles. The van der Waals surface area contributed by atoms with Crippen molar-refractivity contribution in [2.24, 2.45) is 0 Å². The second kappa shape index (κ2) is 13.5. The first-order valence-electron chi connectivity index (χ1n) is 11.2. The van der Waals surface area contributed by atoms with Crippen molar-refractivity contribution < 1.29 is 29.4 Å². The zero-order chi connectivity index (χ0) is 26.2. The minimum atomic E-state index is -1.28. The van der Waals surface area contributed by atoms with Crippen molar-refractivity contribution in [1.82, 2.24) is 20.6 Å². The fraction of sp³-hybridized carbons (Fsp3) is 0.231. The van der Waals surface area contributed by atoms with Crippen LogP contribution in [0.1, 0.15) is 25.0 Å². The third-order valence-electron chi connectivity index (χ3n) is 5.52. The quantitative estimate of drug-likeness (QED) is 0.232. The molecule has 4 rings (SSSR count). The number of benzene rings is 2. The molecule has 0 fully saturated rings. The van der Waals surface area contributed by atoms with E-state index in [4.69, 9.17) is 0 Å². The Labute approximate surface area is 229 Å². The topological polar surface area (TPSA) is 170 Å². The second-order valence-corrected chi connectivity index (χ2v) is 8.27. The van der Waals surface area contributed by atoms with Crippen LogP contribution in [0, 0.1) is 0 Å². The smallest absolute Gasteiger partial charge is 0.548 e. The van der Waals surface area contributed by atoms with Crippen molar-refractivity contribution in [2.45, 2.75) is 38.8 Å². The molecule has 0 bridgehead atoms. The number of nitrogens with one attached hydrogen (secondary N) is 4. The number of carbonyl (C=O) groups excluding carboxylic acids is 4. The number of aromatic amines is 2. The minimum absolute atomic E-state index is 0. The monoisotopic (exact) mass is 514 g/mol. The van der Waals surface area contributed by atoms with Gasteiger partial charge in [-0.15, -0.1) is 0 Å². The summed E-state index contributed by atoms with van der Waals surface area (Å²) >= 11 is 0. The number of rotatable bonds is 8. The molecule has 0 spiro atoms. The van der Waals surface area contributed by atoms with E-state index in [0.29, 0.717) is 0 Å². The van der Waals surface area contributed by atoms with Gasteiger partial charge in [0, 0.05) is 60.9 Å². The Kier molecular flexibility index (Phi) is 10.7. The molecular formula is C26H26MgN4O6. The fourth-order valence-electron chi connectivity index (χ4n) is 3.92. The molecule has 0 aliphatic heterocycles. The standard InChI is InChI=1S/2C13H14N2O3.Mg/c2*1-8(16)15-12(13(17)18)6-9-7-14-11-5-3-2-4-10(9)11;/h2*2-5,7,12,14H,6H2,1H3,(H,15,16)(H,17,18);/q;;+2/p-2. The normalized spacial score (nSPS) is 11.9. The van der Waals surface area contributed by atoms with Gasteiger partial charge in [0.25, 0.3) is 0 Å². The summed E-state index contributed by atoms with van der Waals surface area (Å²) in [6, 6.07) is 13.2. The molecule has 0 saturated carbocycles. The van der Waals surface area contributed by atoms with E-state index in [1.165, 1.54) is 13.8 Å². The van der Waals surface area contributed by atoms with Crippen molar-refractivity contribution in [1.29, 1.82) is 0 Å². The number of hydrogen-bond acceptors (Lipinski definition) is 6. The predicted octanol–water partition coefficient (Wildman–Crippen LogP) is -0.451. The number of para-hydroxylation sites is 2. The molecule has 2 aromatic carbocycles. The Hall–Kier alpha value is -3.83. The molecule has 4 N–H and O–H groups in total. The summed E-state index contributed by atoms with van der Waals surface area (Å²) in [7, 11) is 0. The van der Waals surface area contributed by atoms with Crippen LogP contribution in [0.3, 0.4) is 0 Å². The fourth-order valence-corrected chi connectivity index (χ4v) is 3.92. The summed E-state index contributed by atoms with van der Waals surface area (Å²) in [6.45, 7) is 2.57. The molecule has 0 aliphatic carbocycles. The molecular weight excluding hydrogens is 489 g/mol. The number of amides is 2. The van der Waals surface area contributed by atoms with Crippen LogP contribution in [0.15, 0.2) is 60.9 Å². The van der Waals surface area contributed by atoms with Crippen LogP contribution in [0.2, 0.25) is 0 Å². The number of aliphatic carboxylic acids is 2. The Morgan fingerprint density at radius 2 is 1.05 bits per heavy atom. The molecule has 2 heterocycles. The van der Waals surface area contributed by atoms with Gasteiger partial charge in [0.2, 0.25) is 11.8 Å². The number of fused-ring (bicyclic) bond motifs is 2. The number of H-pyrrole nitrogens is 2. The summed E-state index contributed by atoms with van der Waals surface area (Å²) in [6.07, 6.45) is 3.91. The van der Waals surface area contributed by atoms with Gasteiger partial charge in [0.15, 0.2) is 0 Å². The van der Waals surface area contributed by atoms with Crippen LogP contribution in [-0.2, 0) is 32.0 Å². The van der Waals surface area contributed by atoms with Crippen molar-refractivity contribution >= 4 is 68.6 Å². The molecule has 0 aliphatic rings. The summed E-state index contributed by atoms with van der Waals surface area (Å²) in [5.74, 6) is -3.33. The SMILES string of the molecule is CC(=O)NC(Cc1c[nH]c2ccccc12)C(=O)[O-].CC(=O)NC(Cc1c[nH]c2ccccc12)C(=O)[O-].[Mg+2]. The minimum Gasteiger partial charge on any atom is -0.548 e. The summed E-state index contributed by atoms with van der Waals surface area (Å²) in [5, 5.41) is 28.6. The van der Waals surface area contributed by atoms with E-state index in [1.54, 1.807) is 12.4 Å². The third kappa shape index (κ3) is 8.09. The van der Waals surface area contributed by atoms with Crippen molar-refractivity contribution in [3.05, 3.63) is 72.1 Å². The van der Waals surface area contributed by atoms with Crippen LogP contribution >= 0.6 is 0 Å². The van der Waals surface area contributed by atoms with Gasteiger partial charge in [-0.1, -0.05) is 36.4 Å². The molecule has 10 nitrogen and oxygen atoms in total. The van der Waals surface area contributed by atoms with E-state index in [9.17, 15) is 29.4 Å². The molecule has 37 heavy (non-hydrogen) atoms. The van der Waals surface area contributed by atoms with Gasteiger partial charge in [-0.25, -0.2) is 0 Å². The van der Waals surface area contributed by atoms with E-state index < -0.39 is 24.0 Å². The molecule has 2 aromatic heterocycles. The van der Waals surface area contributed by atoms with Gasteiger partial charge >= 0.3 is 23.1 Å². The molecule has 2 unspecified atom stereocenters. The molecule has 4 aromatic rings. The predicted molar refractivity (Wildman–Crippen MR) is 135 cm³/mol. The van der Waals surface area contributed by atoms with E-state index in [-0.39, 0.29) is 47.7 Å². The van der Waals surface area contributed by atoms with Crippen LogP contribution in [0.25, 0.3) is 21.8 Å². The van der Waals surface area contributed by atoms with E-state index in [0.717, 1.165) is 32.9 Å². The van der Waals surface area contributed by atoms with Gasteiger partial charge in [0.1, 0.15) is 0 Å². The zero-order valence-corrected chi connectivity index (χ0v) is 21.9. The van der Waals surface area contributed by atoms with Gasteiger partial charge in [-0.3, -0.25) is 9.59 Å². The summed E-state index contributed by atoms with van der Waals surface area (Å²) in [4.78, 5) is 49.9.